The predicted octanol–water partition coefficient (Wildman–Crippen LogP) is 3.60. The maximum Gasteiger partial charge on any atom is 0.269 e. The number of nitrogens with zero attached hydrogens (tertiary/aromatic N) is 2. The molecule has 0 aliphatic heterocycles. The molecule has 0 bridgehead atoms. The van der Waals surface area contributed by atoms with Crippen LogP contribution >= 0.6 is 15.9 Å². The van der Waals surface area contributed by atoms with Gasteiger partial charge in [0.05, 0.1) is 12.0 Å². The van der Waals surface area contributed by atoms with Crippen molar-refractivity contribution in [3.63, 3.8) is 0 Å². The van der Waals surface area contributed by atoms with E-state index in [1.54, 1.807) is 19.2 Å². The molecule has 0 aliphatic rings. The monoisotopic (exact) mass is 437 g/mol. The van der Waals surface area contributed by atoms with Gasteiger partial charge in [0.2, 0.25) is 0 Å². The Morgan fingerprint density at radius 1 is 1.19 bits per heavy atom. The molecular weight excluding hydrogens is 414 g/mol. The predicted molar refractivity (Wildman–Crippen MR) is 108 cm³/mol. The van der Waals surface area contributed by atoms with Crippen LogP contribution in [-0.4, -0.2) is 44.1 Å². The zero-order valence-electron chi connectivity index (χ0n) is 15.7. The summed E-state index contributed by atoms with van der Waals surface area (Å²) in [6.07, 6.45) is 0. The molecule has 146 valence electrons. The maximum atomic E-state index is 10.7. The van der Waals surface area contributed by atoms with Gasteiger partial charge in [0.1, 0.15) is 6.61 Å². The SMILES string of the molecule is COc1cc(CNCCN(C)C)c(Br)cc1OCc1ccc([N+](=O)[O-])cc1. The molecule has 27 heavy (non-hydrogen) atoms. The van der Waals surface area contributed by atoms with E-state index < -0.39 is 4.92 Å². The zero-order chi connectivity index (χ0) is 19.8. The van der Waals surface area contributed by atoms with Crippen LogP contribution in [0.15, 0.2) is 40.9 Å². The fraction of sp³-hybridized carbons (Fsp3) is 0.368. The molecular formula is C19H24BrN3O4. The van der Waals surface area contributed by atoms with E-state index in [-0.39, 0.29) is 5.69 Å². The van der Waals surface area contributed by atoms with Crippen LogP contribution in [0.1, 0.15) is 11.1 Å². The molecule has 0 spiro atoms. The second kappa shape index (κ2) is 10.2. The lowest BCUT2D eigenvalue weighted by Gasteiger charge is -2.15. The Morgan fingerprint density at radius 3 is 2.48 bits per heavy atom. The molecule has 8 heteroatoms. The van der Waals surface area contributed by atoms with Gasteiger partial charge in [-0.3, -0.25) is 10.1 Å². The van der Waals surface area contributed by atoms with Crippen molar-refractivity contribution >= 4 is 21.6 Å². The molecule has 0 radical (unpaired) electrons. The molecule has 0 unspecified atom stereocenters. The Kier molecular flexibility index (Phi) is 8.02. The maximum absolute atomic E-state index is 10.7. The summed E-state index contributed by atoms with van der Waals surface area (Å²) in [7, 11) is 5.68. The van der Waals surface area contributed by atoms with E-state index in [0.717, 1.165) is 28.7 Å². The van der Waals surface area contributed by atoms with Gasteiger partial charge in [-0.05, 0) is 49.5 Å². The molecule has 0 aromatic heterocycles. The highest BCUT2D eigenvalue weighted by Gasteiger charge is 2.11. The number of rotatable bonds is 10. The summed E-state index contributed by atoms with van der Waals surface area (Å²) in [5.74, 6) is 1.25. The summed E-state index contributed by atoms with van der Waals surface area (Å²) in [5.41, 5.74) is 1.98. The molecule has 0 fully saturated rings. The molecule has 0 heterocycles. The standard InChI is InChI=1S/C19H24BrN3O4/c1-22(2)9-8-21-12-15-10-18(26-3)19(11-17(15)20)27-13-14-4-6-16(7-5-14)23(24)25/h4-7,10-11,21H,8-9,12-13H2,1-3H3. The normalized spacial score (nSPS) is 10.9. The highest BCUT2D eigenvalue weighted by atomic mass is 79.9. The summed E-state index contributed by atoms with van der Waals surface area (Å²) in [6.45, 7) is 2.86. The second-order valence-electron chi connectivity index (χ2n) is 6.29. The molecule has 0 amide bonds. The Labute approximate surface area is 167 Å². The van der Waals surface area contributed by atoms with E-state index in [4.69, 9.17) is 9.47 Å². The number of hydrogen-bond donors (Lipinski definition) is 1. The molecule has 2 aromatic carbocycles. The van der Waals surface area contributed by atoms with Gasteiger partial charge in [-0.1, -0.05) is 15.9 Å². The van der Waals surface area contributed by atoms with Crippen molar-refractivity contribution in [1.29, 1.82) is 0 Å². The quantitative estimate of drug-likeness (QED) is 0.347. The van der Waals surface area contributed by atoms with Crippen LogP contribution in [0.2, 0.25) is 0 Å². The lowest BCUT2D eigenvalue weighted by molar-refractivity contribution is -0.384. The number of hydrogen-bond acceptors (Lipinski definition) is 6. The largest absolute Gasteiger partial charge is 0.493 e. The van der Waals surface area contributed by atoms with E-state index in [9.17, 15) is 10.1 Å². The third-order valence-electron chi connectivity index (χ3n) is 3.93. The van der Waals surface area contributed by atoms with Gasteiger partial charge in [-0.15, -0.1) is 0 Å². The first-order chi connectivity index (χ1) is 12.9. The van der Waals surface area contributed by atoms with Gasteiger partial charge in [0, 0.05) is 36.2 Å². The molecule has 7 nitrogen and oxygen atoms in total. The number of benzene rings is 2. The summed E-state index contributed by atoms with van der Waals surface area (Å²) < 4.78 is 12.2. The number of likely N-dealkylation sites (N-methyl/N-ethyl adjacent to an activating group) is 1. The van der Waals surface area contributed by atoms with Gasteiger partial charge >= 0.3 is 0 Å². The van der Waals surface area contributed by atoms with Gasteiger partial charge in [-0.2, -0.15) is 0 Å². The van der Waals surface area contributed by atoms with Gasteiger partial charge in [-0.25, -0.2) is 0 Å². The molecule has 0 saturated heterocycles. The van der Waals surface area contributed by atoms with E-state index >= 15 is 0 Å². The van der Waals surface area contributed by atoms with Crippen molar-refractivity contribution in [2.45, 2.75) is 13.2 Å². The van der Waals surface area contributed by atoms with Crippen LogP contribution < -0.4 is 14.8 Å². The summed E-state index contributed by atoms with van der Waals surface area (Å²) in [6, 6.07) is 10.1. The smallest absolute Gasteiger partial charge is 0.269 e. The highest BCUT2D eigenvalue weighted by molar-refractivity contribution is 9.10. The van der Waals surface area contributed by atoms with Gasteiger partial charge < -0.3 is 19.7 Å². The molecule has 0 saturated carbocycles. The van der Waals surface area contributed by atoms with Crippen molar-refractivity contribution in [2.24, 2.45) is 0 Å². The Morgan fingerprint density at radius 2 is 1.89 bits per heavy atom. The molecule has 1 N–H and O–H groups in total. The second-order valence-corrected chi connectivity index (χ2v) is 7.14. The lowest BCUT2D eigenvalue weighted by atomic mass is 10.2. The van der Waals surface area contributed by atoms with E-state index in [1.807, 2.05) is 26.2 Å². The number of halogens is 1. The van der Waals surface area contributed by atoms with Crippen molar-refractivity contribution in [3.05, 3.63) is 62.1 Å². The van der Waals surface area contributed by atoms with Crippen molar-refractivity contribution in [3.8, 4) is 11.5 Å². The first-order valence-corrected chi connectivity index (χ1v) is 9.28. The third-order valence-corrected chi connectivity index (χ3v) is 4.66. The van der Waals surface area contributed by atoms with Gasteiger partial charge in [0.15, 0.2) is 11.5 Å². The summed E-state index contributed by atoms with van der Waals surface area (Å²) >= 11 is 3.58. The molecule has 0 aliphatic carbocycles. The van der Waals surface area contributed by atoms with Crippen LogP contribution in [0.4, 0.5) is 5.69 Å². The molecule has 2 aromatic rings. The number of ether oxygens (including phenoxy) is 2. The minimum Gasteiger partial charge on any atom is -0.493 e. The van der Waals surface area contributed by atoms with E-state index in [1.165, 1.54) is 12.1 Å². The number of nitrogens with one attached hydrogen (secondary N) is 1. The third kappa shape index (κ3) is 6.50. The number of non-ortho nitro benzene ring substituents is 1. The van der Waals surface area contributed by atoms with E-state index in [2.05, 4.69) is 26.1 Å². The van der Waals surface area contributed by atoms with Crippen molar-refractivity contribution in [1.82, 2.24) is 10.2 Å². The Balaban J connectivity index is 2.01. The summed E-state index contributed by atoms with van der Waals surface area (Å²) in [5, 5.41) is 14.1. The average Bonchev–Trinajstić information content (AvgIpc) is 2.64. The van der Waals surface area contributed by atoms with Crippen LogP contribution in [0.25, 0.3) is 0 Å². The first-order valence-electron chi connectivity index (χ1n) is 8.48. The number of nitro benzene ring substituents is 1. The molecule has 0 atom stereocenters. The Bertz CT molecular complexity index is 766. The van der Waals surface area contributed by atoms with Crippen LogP contribution in [0, 0.1) is 10.1 Å². The highest BCUT2D eigenvalue weighted by Crippen LogP contribution is 2.34. The van der Waals surface area contributed by atoms with E-state index in [0.29, 0.717) is 24.7 Å². The summed E-state index contributed by atoms with van der Waals surface area (Å²) in [4.78, 5) is 12.4. The van der Waals surface area contributed by atoms with Crippen molar-refractivity contribution in [2.75, 3.05) is 34.3 Å². The fourth-order valence-electron chi connectivity index (χ4n) is 2.39. The minimum absolute atomic E-state index is 0.0604. The lowest BCUT2D eigenvalue weighted by Crippen LogP contribution is -2.26. The Hall–Kier alpha value is -2.16. The van der Waals surface area contributed by atoms with Gasteiger partial charge in [0.25, 0.3) is 5.69 Å². The average molecular weight is 438 g/mol. The number of methoxy groups -OCH3 is 1. The minimum atomic E-state index is -0.421. The number of nitro groups is 1. The van der Waals surface area contributed by atoms with Crippen molar-refractivity contribution < 1.29 is 14.4 Å². The first kappa shape index (κ1) is 21.1. The van der Waals surface area contributed by atoms with Crippen LogP contribution in [0.3, 0.4) is 0 Å². The topological polar surface area (TPSA) is 76.9 Å². The fourth-order valence-corrected chi connectivity index (χ4v) is 2.85. The zero-order valence-corrected chi connectivity index (χ0v) is 17.3. The molecule has 2 rings (SSSR count). The van der Waals surface area contributed by atoms with Crippen LogP contribution in [-0.2, 0) is 13.2 Å². The van der Waals surface area contributed by atoms with Crippen LogP contribution in [0.5, 0.6) is 11.5 Å².